The summed E-state index contributed by atoms with van der Waals surface area (Å²) < 4.78 is 6.61. The summed E-state index contributed by atoms with van der Waals surface area (Å²) in [7, 11) is 1.66. The first-order valence-corrected chi connectivity index (χ1v) is 3.80. The van der Waals surface area contributed by atoms with Crippen LogP contribution < -0.4 is 0 Å². The van der Waals surface area contributed by atoms with Gasteiger partial charge in [-0.05, 0) is 6.92 Å². The molecule has 0 bridgehead atoms. The lowest BCUT2D eigenvalue weighted by Gasteiger charge is -2.00. The Kier molecular flexibility index (Phi) is 2.91. The number of ether oxygens (including phenoxy) is 1. The zero-order valence-corrected chi connectivity index (χ0v) is 7.43. The van der Waals surface area contributed by atoms with Crippen molar-refractivity contribution in [1.29, 1.82) is 0 Å². The maximum Gasteiger partial charge on any atom is 0.130 e. The molecule has 3 nitrogen and oxygen atoms in total. The van der Waals surface area contributed by atoms with E-state index in [0.29, 0.717) is 18.3 Å². The van der Waals surface area contributed by atoms with Crippen LogP contribution in [0.1, 0.15) is 5.56 Å². The number of rotatable bonds is 3. The molecule has 0 amide bonds. The van der Waals surface area contributed by atoms with Crippen molar-refractivity contribution in [3.05, 3.63) is 16.9 Å². The number of aromatic nitrogens is 2. The Hall–Kier alpha value is -0.540. The molecule has 0 atom stereocenters. The second-order valence-corrected chi connectivity index (χ2v) is 2.69. The topological polar surface area (TPSA) is 27.1 Å². The lowest BCUT2D eigenvalue weighted by Crippen LogP contribution is -2.05. The van der Waals surface area contributed by atoms with Crippen molar-refractivity contribution in [2.24, 2.45) is 0 Å². The van der Waals surface area contributed by atoms with Crippen LogP contribution in [-0.4, -0.2) is 23.5 Å². The van der Waals surface area contributed by atoms with Gasteiger partial charge >= 0.3 is 0 Å². The van der Waals surface area contributed by atoms with Crippen LogP contribution in [0.2, 0.25) is 5.15 Å². The lowest BCUT2D eigenvalue weighted by atomic mass is 10.4. The largest absolute Gasteiger partial charge is 0.383 e. The molecule has 0 aliphatic carbocycles. The van der Waals surface area contributed by atoms with Gasteiger partial charge in [0.2, 0.25) is 0 Å². The average Bonchev–Trinajstić information content (AvgIpc) is 2.31. The molecule has 0 saturated carbocycles. The van der Waals surface area contributed by atoms with Crippen molar-refractivity contribution >= 4 is 11.6 Å². The summed E-state index contributed by atoms with van der Waals surface area (Å²) in [5.41, 5.74) is 1.00. The van der Waals surface area contributed by atoms with E-state index < -0.39 is 0 Å². The van der Waals surface area contributed by atoms with Gasteiger partial charge in [-0.15, -0.1) is 0 Å². The van der Waals surface area contributed by atoms with E-state index in [0.717, 1.165) is 5.56 Å². The minimum atomic E-state index is 0.640. The van der Waals surface area contributed by atoms with Crippen LogP contribution >= 0.6 is 11.6 Å². The smallest absolute Gasteiger partial charge is 0.130 e. The highest BCUT2D eigenvalue weighted by Gasteiger charge is 2.02. The molecule has 62 valence electrons. The van der Waals surface area contributed by atoms with Crippen LogP contribution in [0.3, 0.4) is 0 Å². The van der Waals surface area contributed by atoms with Crippen LogP contribution in [0.5, 0.6) is 0 Å². The molecular weight excluding hydrogens is 164 g/mol. The predicted molar refractivity (Wildman–Crippen MR) is 43.9 cm³/mol. The van der Waals surface area contributed by atoms with Crippen molar-refractivity contribution in [3.8, 4) is 0 Å². The summed E-state index contributed by atoms with van der Waals surface area (Å²) in [6.07, 6.45) is 1.75. The molecule has 0 unspecified atom stereocenters. The molecule has 1 heterocycles. The van der Waals surface area contributed by atoms with E-state index in [-0.39, 0.29) is 0 Å². The first kappa shape index (κ1) is 8.56. The van der Waals surface area contributed by atoms with E-state index in [1.165, 1.54) is 0 Å². The van der Waals surface area contributed by atoms with Crippen LogP contribution in [0.25, 0.3) is 0 Å². The van der Waals surface area contributed by atoms with Gasteiger partial charge in [0.1, 0.15) is 5.15 Å². The molecule has 0 aromatic carbocycles. The van der Waals surface area contributed by atoms with Crippen LogP contribution in [0, 0.1) is 6.92 Å². The number of halogens is 1. The molecule has 1 aromatic heterocycles. The van der Waals surface area contributed by atoms with Crippen LogP contribution in [-0.2, 0) is 11.3 Å². The lowest BCUT2D eigenvalue weighted by molar-refractivity contribution is 0.183. The SMILES string of the molecule is COCCn1ncc(C)c1Cl. The molecule has 0 aliphatic heterocycles. The standard InChI is InChI=1S/C7H11ClN2O/c1-6-5-9-10(7(6)8)3-4-11-2/h5H,3-4H2,1-2H3. The number of hydrogen-bond acceptors (Lipinski definition) is 2. The molecule has 1 aromatic rings. The summed E-state index contributed by atoms with van der Waals surface area (Å²) in [6.45, 7) is 3.28. The summed E-state index contributed by atoms with van der Waals surface area (Å²) in [5.74, 6) is 0. The van der Waals surface area contributed by atoms with E-state index in [1.54, 1.807) is 18.0 Å². The third-order valence-electron chi connectivity index (χ3n) is 1.45. The summed E-state index contributed by atoms with van der Waals surface area (Å²) in [6, 6.07) is 0. The van der Waals surface area contributed by atoms with E-state index in [2.05, 4.69) is 5.10 Å². The van der Waals surface area contributed by atoms with Gasteiger partial charge in [-0.3, -0.25) is 4.68 Å². The Bertz CT molecular complexity index is 234. The third-order valence-corrected chi connectivity index (χ3v) is 1.94. The first-order chi connectivity index (χ1) is 5.25. The maximum atomic E-state index is 5.89. The van der Waals surface area contributed by atoms with E-state index in [1.807, 2.05) is 6.92 Å². The number of hydrogen-bond donors (Lipinski definition) is 0. The Morgan fingerprint density at radius 3 is 2.91 bits per heavy atom. The molecule has 0 spiro atoms. The fourth-order valence-electron chi connectivity index (χ4n) is 0.797. The second kappa shape index (κ2) is 3.74. The fraction of sp³-hybridized carbons (Fsp3) is 0.571. The highest BCUT2D eigenvalue weighted by molar-refractivity contribution is 6.30. The Labute approximate surface area is 70.9 Å². The number of methoxy groups -OCH3 is 1. The highest BCUT2D eigenvalue weighted by Crippen LogP contribution is 2.12. The van der Waals surface area contributed by atoms with Gasteiger partial charge in [0.25, 0.3) is 0 Å². The molecular formula is C7H11ClN2O. The zero-order valence-electron chi connectivity index (χ0n) is 6.67. The maximum absolute atomic E-state index is 5.89. The van der Waals surface area contributed by atoms with Crippen molar-refractivity contribution < 1.29 is 4.74 Å². The van der Waals surface area contributed by atoms with Crippen molar-refractivity contribution in [3.63, 3.8) is 0 Å². The molecule has 1 rings (SSSR count). The van der Waals surface area contributed by atoms with Gasteiger partial charge in [0.05, 0.1) is 19.3 Å². The molecule has 0 saturated heterocycles. The predicted octanol–water partition coefficient (Wildman–Crippen LogP) is 1.49. The summed E-state index contributed by atoms with van der Waals surface area (Å²) in [4.78, 5) is 0. The van der Waals surface area contributed by atoms with Gasteiger partial charge in [0.15, 0.2) is 0 Å². The van der Waals surface area contributed by atoms with Gasteiger partial charge in [0, 0.05) is 12.7 Å². The van der Waals surface area contributed by atoms with Crippen molar-refractivity contribution in [1.82, 2.24) is 9.78 Å². The number of aryl methyl sites for hydroxylation is 1. The Morgan fingerprint density at radius 2 is 2.45 bits per heavy atom. The van der Waals surface area contributed by atoms with Crippen molar-refractivity contribution in [2.45, 2.75) is 13.5 Å². The normalized spacial score (nSPS) is 10.5. The Morgan fingerprint density at radius 1 is 1.73 bits per heavy atom. The van der Waals surface area contributed by atoms with Crippen LogP contribution in [0.15, 0.2) is 6.20 Å². The van der Waals surface area contributed by atoms with Gasteiger partial charge in [-0.25, -0.2) is 0 Å². The fourth-order valence-corrected chi connectivity index (χ4v) is 0.974. The monoisotopic (exact) mass is 174 g/mol. The van der Waals surface area contributed by atoms with Gasteiger partial charge in [-0.2, -0.15) is 5.10 Å². The Balaban J connectivity index is 2.63. The third kappa shape index (κ3) is 1.94. The summed E-state index contributed by atoms with van der Waals surface area (Å²) in [5, 5.41) is 4.75. The molecule has 0 fully saturated rings. The molecule has 0 aliphatic rings. The quantitative estimate of drug-likeness (QED) is 0.695. The summed E-state index contributed by atoms with van der Waals surface area (Å²) >= 11 is 5.89. The minimum absolute atomic E-state index is 0.640. The average molecular weight is 175 g/mol. The molecule has 0 radical (unpaired) electrons. The van der Waals surface area contributed by atoms with E-state index in [9.17, 15) is 0 Å². The minimum Gasteiger partial charge on any atom is -0.383 e. The zero-order chi connectivity index (χ0) is 8.27. The first-order valence-electron chi connectivity index (χ1n) is 3.42. The second-order valence-electron chi connectivity index (χ2n) is 2.33. The molecule has 4 heteroatoms. The van der Waals surface area contributed by atoms with Gasteiger partial charge in [-0.1, -0.05) is 11.6 Å². The van der Waals surface area contributed by atoms with Crippen LogP contribution in [0.4, 0.5) is 0 Å². The molecule has 11 heavy (non-hydrogen) atoms. The van der Waals surface area contributed by atoms with E-state index >= 15 is 0 Å². The highest BCUT2D eigenvalue weighted by atomic mass is 35.5. The van der Waals surface area contributed by atoms with Crippen molar-refractivity contribution in [2.75, 3.05) is 13.7 Å². The van der Waals surface area contributed by atoms with E-state index in [4.69, 9.17) is 16.3 Å². The molecule has 0 N–H and O–H groups in total. The number of nitrogens with zero attached hydrogens (tertiary/aromatic N) is 2. The van der Waals surface area contributed by atoms with Gasteiger partial charge < -0.3 is 4.74 Å².